The molecule has 0 bridgehead atoms. The lowest BCUT2D eigenvalue weighted by atomic mass is 10.1. The number of allylic oxidation sites excluding steroid dienone is 1. The van der Waals surface area contributed by atoms with Crippen LogP contribution in [0.5, 0.6) is 0 Å². The van der Waals surface area contributed by atoms with Crippen LogP contribution in [0.4, 0.5) is 4.79 Å². The lowest BCUT2D eigenvalue weighted by molar-refractivity contribution is -0.139. The zero-order valence-corrected chi connectivity index (χ0v) is 10.5. The molecule has 0 aliphatic rings. The molecule has 5 heteroatoms. The van der Waals surface area contributed by atoms with Crippen molar-refractivity contribution in [3.05, 3.63) is 12.2 Å². The molecule has 0 saturated heterocycles. The molecule has 0 unspecified atom stereocenters. The number of urea groups is 1. The van der Waals surface area contributed by atoms with E-state index in [9.17, 15) is 9.59 Å². The van der Waals surface area contributed by atoms with Gasteiger partial charge in [-0.05, 0) is 19.8 Å². The molecular weight excluding hydrogens is 220 g/mol. The fraction of sp³-hybridized carbons (Fsp3) is 0.667. The molecule has 0 aromatic rings. The van der Waals surface area contributed by atoms with Gasteiger partial charge in [-0.25, -0.2) is 9.59 Å². The molecule has 0 fully saturated rings. The number of carbonyl (C=O) groups is 2. The average molecular weight is 242 g/mol. The Bertz CT molecular complexity index is 264. The second kappa shape index (κ2) is 9.69. The summed E-state index contributed by atoms with van der Waals surface area (Å²) in [5.74, 6) is -0.984. The largest absolute Gasteiger partial charge is 0.480 e. The average Bonchev–Trinajstić information content (AvgIpc) is 2.29. The summed E-state index contributed by atoms with van der Waals surface area (Å²) in [5.41, 5.74) is 0. The van der Waals surface area contributed by atoms with Crippen molar-refractivity contribution in [3.63, 3.8) is 0 Å². The standard InChI is InChI=1S/C12H22N2O3/c1-3-5-7-9-13-12(17)14-10(11(15)16)8-6-4-2/h3,5,10H,4,6-9H2,1-2H3,(H,15,16)(H2,13,14,17)/b5-3+/t10-/m0/s1. The quantitative estimate of drug-likeness (QED) is 0.449. The van der Waals surface area contributed by atoms with Crippen LogP contribution in [0.1, 0.15) is 39.5 Å². The molecule has 5 nitrogen and oxygen atoms in total. The third-order valence-electron chi connectivity index (χ3n) is 2.28. The van der Waals surface area contributed by atoms with E-state index in [1.54, 1.807) is 0 Å². The second-order valence-electron chi connectivity index (χ2n) is 3.79. The molecule has 3 N–H and O–H groups in total. The van der Waals surface area contributed by atoms with Crippen molar-refractivity contribution in [3.8, 4) is 0 Å². The van der Waals surface area contributed by atoms with Gasteiger partial charge in [0.2, 0.25) is 0 Å². The summed E-state index contributed by atoms with van der Waals surface area (Å²) >= 11 is 0. The maximum Gasteiger partial charge on any atom is 0.326 e. The van der Waals surface area contributed by atoms with Crippen LogP contribution in [0.25, 0.3) is 0 Å². The first-order valence-corrected chi connectivity index (χ1v) is 6.00. The van der Waals surface area contributed by atoms with Crippen molar-refractivity contribution >= 4 is 12.0 Å². The number of carboxylic acids is 1. The van der Waals surface area contributed by atoms with Crippen molar-refractivity contribution in [2.24, 2.45) is 0 Å². The fourth-order valence-electron chi connectivity index (χ4n) is 1.31. The molecule has 17 heavy (non-hydrogen) atoms. The van der Waals surface area contributed by atoms with Gasteiger partial charge in [0, 0.05) is 6.54 Å². The second-order valence-corrected chi connectivity index (χ2v) is 3.79. The Kier molecular flexibility index (Phi) is 8.82. The minimum atomic E-state index is -0.984. The van der Waals surface area contributed by atoms with Crippen LogP contribution >= 0.6 is 0 Å². The van der Waals surface area contributed by atoms with E-state index < -0.39 is 18.0 Å². The SMILES string of the molecule is C/C=C/CCNC(=O)N[C@@H](CCCC)C(=O)O. The zero-order valence-electron chi connectivity index (χ0n) is 10.5. The fourth-order valence-corrected chi connectivity index (χ4v) is 1.31. The first kappa shape index (κ1) is 15.5. The lowest BCUT2D eigenvalue weighted by Crippen LogP contribution is -2.46. The minimum absolute atomic E-state index is 0.419. The highest BCUT2D eigenvalue weighted by atomic mass is 16.4. The lowest BCUT2D eigenvalue weighted by Gasteiger charge is -2.14. The summed E-state index contributed by atoms with van der Waals surface area (Å²) in [4.78, 5) is 22.2. The van der Waals surface area contributed by atoms with E-state index in [1.165, 1.54) is 0 Å². The smallest absolute Gasteiger partial charge is 0.326 e. The zero-order chi connectivity index (χ0) is 13.1. The normalized spacial score (nSPS) is 12.4. The van der Waals surface area contributed by atoms with Gasteiger partial charge in [-0.2, -0.15) is 0 Å². The van der Waals surface area contributed by atoms with Crippen molar-refractivity contribution < 1.29 is 14.7 Å². The van der Waals surface area contributed by atoms with Gasteiger partial charge in [0.15, 0.2) is 0 Å². The number of nitrogens with one attached hydrogen (secondary N) is 2. The molecule has 0 rings (SSSR count). The van der Waals surface area contributed by atoms with Gasteiger partial charge in [0.05, 0.1) is 0 Å². The van der Waals surface area contributed by atoms with Gasteiger partial charge < -0.3 is 15.7 Å². The molecule has 0 radical (unpaired) electrons. The molecule has 0 saturated carbocycles. The number of rotatable bonds is 8. The highest BCUT2D eigenvalue weighted by molar-refractivity contribution is 5.82. The maximum absolute atomic E-state index is 11.4. The number of aliphatic carboxylic acids is 1. The highest BCUT2D eigenvalue weighted by Gasteiger charge is 2.18. The van der Waals surface area contributed by atoms with Gasteiger partial charge in [0.1, 0.15) is 6.04 Å². The first-order valence-electron chi connectivity index (χ1n) is 6.00. The van der Waals surface area contributed by atoms with Gasteiger partial charge in [-0.1, -0.05) is 31.9 Å². The van der Waals surface area contributed by atoms with Gasteiger partial charge in [-0.3, -0.25) is 0 Å². The first-order chi connectivity index (χ1) is 8.11. The number of carboxylic acid groups (broad SMARTS) is 1. The Balaban J connectivity index is 3.90. The van der Waals surface area contributed by atoms with Crippen LogP contribution < -0.4 is 10.6 Å². The van der Waals surface area contributed by atoms with Crippen LogP contribution in [-0.4, -0.2) is 29.7 Å². The summed E-state index contributed by atoms with van der Waals surface area (Å²) < 4.78 is 0. The Labute approximate surface area is 102 Å². The third-order valence-corrected chi connectivity index (χ3v) is 2.28. The number of hydrogen-bond donors (Lipinski definition) is 3. The third kappa shape index (κ3) is 8.30. The Morgan fingerprint density at radius 3 is 2.65 bits per heavy atom. The minimum Gasteiger partial charge on any atom is -0.480 e. The Morgan fingerprint density at radius 2 is 2.12 bits per heavy atom. The van der Waals surface area contributed by atoms with E-state index in [0.29, 0.717) is 13.0 Å². The summed E-state index contributed by atoms with van der Waals surface area (Å²) in [6.07, 6.45) is 6.75. The van der Waals surface area contributed by atoms with Crippen LogP contribution in [0, 0.1) is 0 Å². The van der Waals surface area contributed by atoms with Crippen molar-refractivity contribution in [2.45, 2.75) is 45.6 Å². The Morgan fingerprint density at radius 1 is 1.41 bits per heavy atom. The van der Waals surface area contributed by atoms with Crippen molar-refractivity contribution in [1.29, 1.82) is 0 Å². The Hall–Kier alpha value is -1.52. The van der Waals surface area contributed by atoms with Crippen molar-refractivity contribution in [1.82, 2.24) is 10.6 Å². The number of hydrogen-bond acceptors (Lipinski definition) is 2. The summed E-state index contributed by atoms with van der Waals surface area (Å²) in [5, 5.41) is 14.0. The predicted molar refractivity (Wildman–Crippen MR) is 66.9 cm³/mol. The molecule has 0 spiro atoms. The summed E-state index contributed by atoms with van der Waals surface area (Å²) in [7, 11) is 0. The molecule has 2 amide bonds. The van der Waals surface area contributed by atoms with E-state index >= 15 is 0 Å². The topological polar surface area (TPSA) is 78.4 Å². The van der Waals surface area contributed by atoms with E-state index in [4.69, 9.17) is 5.11 Å². The van der Waals surface area contributed by atoms with Gasteiger partial charge in [0.25, 0.3) is 0 Å². The molecule has 1 atom stereocenters. The number of unbranched alkanes of at least 4 members (excludes halogenated alkanes) is 1. The highest BCUT2D eigenvalue weighted by Crippen LogP contribution is 2.00. The van der Waals surface area contributed by atoms with E-state index in [0.717, 1.165) is 19.3 Å². The number of amides is 2. The molecular formula is C12H22N2O3. The van der Waals surface area contributed by atoms with Crippen LogP contribution in [-0.2, 0) is 4.79 Å². The van der Waals surface area contributed by atoms with E-state index in [1.807, 2.05) is 26.0 Å². The van der Waals surface area contributed by atoms with Crippen LogP contribution in [0.2, 0.25) is 0 Å². The predicted octanol–water partition coefficient (Wildman–Crippen LogP) is 1.90. The summed E-state index contributed by atoms with van der Waals surface area (Å²) in [6.45, 7) is 4.40. The van der Waals surface area contributed by atoms with Gasteiger partial charge >= 0.3 is 12.0 Å². The molecule has 0 aromatic carbocycles. The number of carbonyl (C=O) groups excluding carboxylic acids is 1. The monoisotopic (exact) mass is 242 g/mol. The summed E-state index contributed by atoms with van der Waals surface area (Å²) in [6, 6.07) is -1.21. The van der Waals surface area contributed by atoms with Crippen molar-refractivity contribution in [2.75, 3.05) is 6.54 Å². The van der Waals surface area contributed by atoms with Gasteiger partial charge in [-0.15, -0.1) is 0 Å². The molecule has 0 heterocycles. The molecule has 98 valence electrons. The molecule has 0 aliphatic carbocycles. The molecule has 0 aromatic heterocycles. The maximum atomic E-state index is 11.4. The van der Waals surface area contributed by atoms with E-state index in [2.05, 4.69) is 10.6 Å². The van der Waals surface area contributed by atoms with Crippen LogP contribution in [0.15, 0.2) is 12.2 Å². The van der Waals surface area contributed by atoms with E-state index in [-0.39, 0.29) is 0 Å². The molecule has 0 aliphatic heterocycles. The van der Waals surface area contributed by atoms with Crippen LogP contribution in [0.3, 0.4) is 0 Å².